The maximum atomic E-state index is 14.8. The second-order valence-electron chi connectivity index (χ2n) is 8.68. The Labute approximate surface area is 196 Å². The van der Waals surface area contributed by atoms with Crippen LogP contribution in [0.5, 0.6) is 5.88 Å². The van der Waals surface area contributed by atoms with E-state index in [0.29, 0.717) is 19.0 Å². The molecule has 11 heteroatoms. The van der Waals surface area contributed by atoms with Crippen LogP contribution in [0.1, 0.15) is 35.7 Å². The lowest BCUT2D eigenvalue weighted by Crippen LogP contribution is -2.51. The average molecular weight is 490 g/mol. The van der Waals surface area contributed by atoms with Crippen LogP contribution in [0.15, 0.2) is 48.9 Å². The number of carbonyl (C=O) groups is 1. The van der Waals surface area contributed by atoms with E-state index >= 15 is 0 Å². The number of alkyl halides is 3. The van der Waals surface area contributed by atoms with Crippen molar-refractivity contribution in [2.24, 2.45) is 5.92 Å². The molecule has 0 spiro atoms. The fraction of sp³-hybridized carbons (Fsp3) is 0.333. The number of likely N-dealkylation sites (tertiary alicyclic amines) is 1. The molecule has 6 nitrogen and oxygen atoms in total. The van der Waals surface area contributed by atoms with Crippen molar-refractivity contribution in [3.63, 3.8) is 0 Å². The zero-order valence-corrected chi connectivity index (χ0v) is 18.3. The highest BCUT2D eigenvalue weighted by molar-refractivity contribution is 6.00. The first-order valence-electron chi connectivity index (χ1n) is 10.9. The fourth-order valence-electron chi connectivity index (χ4n) is 4.97. The van der Waals surface area contributed by atoms with E-state index in [-0.39, 0.29) is 40.8 Å². The second kappa shape index (κ2) is 8.54. The first kappa shape index (κ1) is 23.1. The number of ether oxygens (including phenoxy) is 1. The van der Waals surface area contributed by atoms with E-state index in [1.165, 1.54) is 18.2 Å². The van der Waals surface area contributed by atoms with Crippen LogP contribution < -0.4 is 4.74 Å². The molecule has 2 aliphatic rings. The molecule has 3 aromatic rings. The molecule has 2 bridgehead atoms. The Bertz CT molecular complexity index is 1250. The van der Waals surface area contributed by atoms with Gasteiger partial charge >= 0.3 is 6.18 Å². The van der Waals surface area contributed by atoms with Crippen molar-refractivity contribution >= 4 is 5.91 Å². The van der Waals surface area contributed by atoms with Gasteiger partial charge < -0.3 is 9.64 Å². The van der Waals surface area contributed by atoms with Gasteiger partial charge in [0, 0.05) is 18.3 Å². The summed E-state index contributed by atoms with van der Waals surface area (Å²) >= 11 is 0. The van der Waals surface area contributed by atoms with Gasteiger partial charge in [0.2, 0.25) is 5.88 Å². The summed E-state index contributed by atoms with van der Waals surface area (Å²) in [5.41, 5.74) is -0.985. The predicted octanol–water partition coefficient (Wildman–Crippen LogP) is 4.91. The van der Waals surface area contributed by atoms with Gasteiger partial charge in [0.1, 0.15) is 11.9 Å². The third-order valence-electron chi connectivity index (χ3n) is 6.65. The average Bonchev–Trinajstić information content (AvgIpc) is 3.36. The number of fused-ring (bicyclic) bond motifs is 2. The molecule has 2 unspecified atom stereocenters. The minimum Gasteiger partial charge on any atom is -0.472 e. The standard InChI is InChI=1S/C24H19F5N4O2/c1-12-13-7-18(19(8-13)35-20-6-5-14(9-30-20)24(27,28)29)33(12)23(34)16-3-2-4-17(26)21(16)22-31-10-15(25)11-32-22/h2-6,9-13,18-19H,7-8H2,1H3/t12?,13?,18-,19+/m0/s1. The molecular weight excluding hydrogens is 471 g/mol. The molecular formula is C24H19F5N4O2. The van der Waals surface area contributed by atoms with Crippen molar-refractivity contribution in [2.75, 3.05) is 0 Å². The number of carbonyl (C=O) groups excluding carboxylic acids is 1. The third kappa shape index (κ3) is 4.19. The topological polar surface area (TPSA) is 68.2 Å². The van der Waals surface area contributed by atoms with Crippen LogP contribution in [0, 0.1) is 17.6 Å². The lowest BCUT2D eigenvalue weighted by atomic mass is 9.97. The molecule has 2 fully saturated rings. The van der Waals surface area contributed by atoms with E-state index in [4.69, 9.17) is 4.74 Å². The predicted molar refractivity (Wildman–Crippen MR) is 113 cm³/mol. The van der Waals surface area contributed by atoms with Crippen LogP contribution in [0.25, 0.3) is 11.4 Å². The Hall–Kier alpha value is -3.63. The molecule has 4 atom stereocenters. The molecule has 1 aromatic carbocycles. The van der Waals surface area contributed by atoms with Gasteiger partial charge in [-0.25, -0.2) is 23.7 Å². The van der Waals surface area contributed by atoms with E-state index in [9.17, 15) is 26.7 Å². The van der Waals surface area contributed by atoms with Gasteiger partial charge in [-0.2, -0.15) is 13.2 Å². The van der Waals surface area contributed by atoms with Crippen molar-refractivity contribution < 1.29 is 31.5 Å². The lowest BCUT2D eigenvalue weighted by Gasteiger charge is -2.38. The Balaban J connectivity index is 1.41. The molecule has 1 aliphatic carbocycles. The number of halogens is 5. The molecule has 0 radical (unpaired) electrons. The van der Waals surface area contributed by atoms with Crippen LogP contribution in [0.4, 0.5) is 22.0 Å². The van der Waals surface area contributed by atoms with Crippen LogP contribution >= 0.6 is 0 Å². The molecule has 0 N–H and O–H groups in total. The molecule has 1 saturated carbocycles. The molecule has 182 valence electrons. The first-order valence-corrected chi connectivity index (χ1v) is 10.9. The van der Waals surface area contributed by atoms with Gasteiger partial charge in [-0.3, -0.25) is 4.79 Å². The SMILES string of the molecule is CC1C2C[C@@H](Oc3ccc(C(F)(F)F)cn3)[C@H](C2)N1C(=O)c1cccc(F)c1-c1ncc(F)cn1. The number of amides is 1. The Morgan fingerprint density at radius 3 is 2.40 bits per heavy atom. The second-order valence-corrected chi connectivity index (χ2v) is 8.68. The van der Waals surface area contributed by atoms with Crippen molar-refractivity contribution in [1.29, 1.82) is 0 Å². The number of rotatable bonds is 4. The molecule has 1 aliphatic heterocycles. The van der Waals surface area contributed by atoms with Crippen LogP contribution in [0.3, 0.4) is 0 Å². The van der Waals surface area contributed by atoms with Gasteiger partial charge in [0.05, 0.1) is 35.1 Å². The summed E-state index contributed by atoms with van der Waals surface area (Å²) in [7, 11) is 0. The molecule has 35 heavy (non-hydrogen) atoms. The number of aromatic nitrogens is 3. The monoisotopic (exact) mass is 490 g/mol. The van der Waals surface area contributed by atoms with E-state index < -0.39 is 35.4 Å². The Morgan fingerprint density at radius 2 is 1.77 bits per heavy atom. The summed E-state index contributed by atoms with van der Waals surface area (Å²) in [6.07, 6.45) is -1.26. The zero-order chi connectivity index (χ0) is 24.9. The summed E-state index contributed by atoms with van der Waals surface area (Å²) in [5.74, 6) is -1.86. The van der Waals surface area contributed by atoms with Crippen molar-refractivity contribution in [1.82, 2.24) is 19.9 Å². The van der Waals surface area contributed by atoms with Gasteiger partial charge in [-0.05, 0) is 43.9 Å². The molecule has 3 heterocycles. The third-order valence-corrected chi connectivity index (χ3v) is 6.65. The van der Waals surface area contributed by atoms with Crippen LogP contribution in [-0.2, 0) is 6.18 Å². The van der Waals surface area contributed by atoms with Gasteiger partial charge in [-0.1, -0.05) is 6.07 Å². The number of hydrogen-bond donors (Lipinski definition) is 0. The summed E-state index contributed by atoms with van der Waals surface area (Å²) < 4.78 is 72.4. The highest BCUT2D eigenvalue weighted by Gasteiger charge is 2.53. The van der Waals surface area contributed by atoms with Crippen molar-refractivity contribution in [2.45, 2.75) is 44.1 Å². The summed E-state index contributed by atoms with van der Waals surface area (Å²) in [6, 6.07) is 5.52. The number of pyridine rings is 1. The summed E-state index contributed by atoms with van der Waals surface area (Å²) in [4.78, 5) is 26.7. The number of hydrogen-bond acceptors (Lipinski definition) is 5. The molecule has 1 amide bonds. The fourth-order valence-corrected chi connectivity index (χ4v) is 4.97. The van der Waals surface area contributed by atoms with Crippen molar-refractivity contribution in [3.05, 3.63) is 71.7 Å². The van der Waals surface area contributed by atoms with Crippen LogP contribution in [0.2, 0.25) is 0 Å². The van der Waals surface area contributed by atoms with Crippen LogP contribution in [-0.4, -0.2) is 43.9 Å². The van der Waals surface area contributed by atoms with E-state index in [1.54, 1.807) is 4.90 Å². The summed E-state index contributed by atoms with van der Waals surface area (Å²) in [5, 5.41) is 0. The van der Waals surface area contributed by atoms with Gasteiger partial charge in [0.25, 0.3) is 5.91 Å². The number of benzene rings is 1. The largest absolute Gasteiger partial charge is 0.472 e. The Kier molecular flexibility index (Phi) is 5.65. The molecule has 2 aromatic heterocycles. The normalized spacial score (nSPS) is 23.5. The summed E-state index contributed by atoms with van der Waals surface area (Å²) in [6.45, 7) is 1.89. The van der Waals surface area contributed by atoms with Gasteiger partial charge in [-0.15, -0.1) is 0 Å². The van der Waals surface area contributed by atoms with Crippen molar-refractivity contribution in [3.8, 4) is 17.3 Å². The molecule has 5 rings (SSSR count). The van der Waals surface area contributed by atoms with E-state index in [2.05, 4.69) is 15.0 Å². The van der Waals surface area contributed by atoms with E-state index in [0.717, 1.165) is 24.5 Å². The maximum Gasteiger partial charge on any atom is 0.417 e. The Morgan fingerprint density at radius 1 is 1.03 bits per heavy atom. The maximum absolute atomic E-state index is 14.8. The minimum absolute atomic E-state index is 0.0294. The number of nitrogens with zero attached hydrogens (tertiary/aromatic N) is 4. The smallest absolute Gasteiger partial charge is 0.417 e. The lowest BCUT2D eigenvalue weighted by molar-refractivity contribution is -0.137. The zero-order valence-electron chi connectivity index (χ0n) is 18.3. The number of piperidine rings is 1. The highest BCUT2D eigenvalue weighted by Crippen LogP contribution is 2.45. The first-order chi connectivity index (χ1) is 16.6. The minimum atomic E-state index is -4.51. The van der Waals surface area contributed by atoms with Gasteiger partial charge in [0.15, 0.2) is 11.6 Å². The molecule has 1 saturated heterocycles. The van der Waals surface area contributed by atoms with E-state index in [1.807, 2.05) is 6.92 Å². The highest BCUT2D eigenvalue weighted by atomic mass is 19.4. The quantitative estimate of drug-likeness (QED) is 0.487.